The minimum Gasteiger partial charge on any atom is -0.325 e. The van der Waals surface area contributed by atoms with E-state index in [4.69, 9.17) is 0 Å². The summed E-state index contributed by atoms with van der Waals surface area (Å²) in [6.07, 6.45) is 7.31. The number of nitrogens with one attached hydrogen (secondary N) is 3. The number of hydrogen-bond donors (Lipinski definition) is 3. The molecule has 4 aromatic rings. The van der Waals surface area contributed by atoms with E-state index in [1.165, 1.54) is 24.8 Å². The van der Waals surface area contributed by atoms with Gasteiger partial charge >= 0.3 is 0 Å². The first-order chi connectivity index (χ1) is 18.2. The highest BCUT2D eigenvalue weighted by atomic mass is 15.2. The van der Waals surface area contributed by atoms with Gasteiger partial charge in [0.15, 0.2) is 5.82 Å². The highest BCUT2D eigenvalue weighted by Gasteiger charge is 2.34. The minimum absolute atomic E-state index is 0.518. The molecule has 2 fully saturated rings. The van der Waals surface area contributed by atoms with Crippen molar-refractivity contribution in [2.45, 2.75) is 44.8 Å². The third-order valence-corrected chi connectivity index (χ3v) is 7.07. The van der Waals surface area contributed by atoms with Crippen molar-refractivity contribution in [2.75, 3.05) is 23.7 Å². The Morgan fingerprint density at radius 1 is 0.838 bits per heavy atom. The Bertz CT molecular complexity index is 1340. The number of aryl methyl sites for hydroxylation is 1. The lowest BCUT2D eigenvalue weighted by atomic mass is 10.1. The van der Waals surface area contributed by atoms with Crippen LogP contribution in [0.3, 0.4) is 0 Å². The van der Waals surface area contributed by atoms with Crippen molar-refractivity contribution in [2.24, 2.45) is 0 Å². The average Bonchev–Trinajstić information content (AvgIpc) is 3.16. The van der Waals surface area contributed by atoms with E-state index < -0.39 is 0 Å². The molecule has 9 heteroatoms. The topological polar surface area (TPSA) is 104 Å². The molecule has 0 aliphatic carbocycles. The molecule has 0 saturated carbocycles. The van der Waals surface area contributed by atoms with Gasteiger partial charge in [0.25, 0.3) is 0 Å². The predicted octanol–water partition coefficient (Wildman–Crippen LogP) is 4.45. The minimum atomic E-state index is 0.518. The Morgan fingerprint density at radius 2 is 1.65 bits per heavy atom. The normalized spacial score (nSPS) is 19.4. The van der Waals surface area contributed by atoms with Gasteiger partial charge in [-0.05, 0) is 74.7 Å². The second-order valence-electron chi connectivity index (χ2n) is 9.69. The van der Waals surface area contributed by atoms with Crippen LogP contribution < -0.4 is 16.0 Å². The van der Waals surface area contributed by atoms with Gasteiger partial charge in [-0.25, -0.2) is 19.9 Å². The molecule has 2 saturated heterocycles. The second kappa shape index (κ2) is 10.6. The Kier molecular flexibility index (Phi) is 6.70. The summed E-state index contributed by atoms with van der Waals surface area (Å²) in [5.41, 5.74) is 3.95. The fourth-order valence-electron chi connectivity index (χ4n) is 5.21. The van der Waals surface area contributed by atoms with Gasteiger partial charge in [0.05, 0.1) is 0 Å². The third kappa shape index (κ3) is 5.58. The Balaban J connectivity index is 1.11. The van der Waals surface area contributed by atoms with E-state index in [2.05, 4.69) is 70.0 Å². The number of nitrogens with zero attached hydrogens (tertiary/aromatic N) is 6. The first kappa shape index (κ1) is 23.4. The van der Waals surface area contributed by atoms with Crippen LogP contribution in [0.4, 0.5) is 23.3 Å². The summed E-state index contributed by atoms with van der Waals surface area (Å²) in [6.45, 7) is 5.20. The molecule has 9 nitrogen and oxygen atoms in total. The van der Waals surface area contributed by atoms with E-state index in [1.54, 1.807) is 18.5 Å². The molecule has 3 aromatic heterocycles. The van der Waals surface area contributed by atoms with Crippen LogP contribution in [-0.4, -0.2) is 55.0 Å². The van der Waals surface area contributed by atoms with E-state index in [-0.39, 0.29) is 0 Å². The van der Waals surface area contributed by atoms with Crippen molar-refractivity contribution < 1.29 is 0 Å². The van der Waals surface area contributed by atoms with Crippen LogP contribution in [0.15, 0.2) is 67.0 Å². The first-order valence-corrected chi connectivity index (χ1v) is 12.9. The SMILES string of the molecule is Cc1cccc(-c2nccc(Nc3ccnc(Nc4ccc(CN5C6CCNCC5CC6)cc4)n3)n2)n1. The van der Waals surface area contributed by atoms with Crippen LogP contribution in [0.5, 0.6) is 0 Å². The van der Waals surface area contributed by atoms with Crippen LogP contribution in [0, 0.1) is 6.92 Å². The van der Waals surface area contributed by atoms with E-state index in [9.17, 15) is 0 Å². The molecule has 0 spiro atoms. The molecule has 5 heterocycles. The molecule has 37 heavy (non-hydrogen) atoms. The van der Waals surface area contributed by atoms with Gasteiger partial charge in [0.1, 0.15) is 17.3 Å². The molecule has 2 aliphatic rings. The standard InChI is InChI=1S/C28H31N9/c1-19-3-2-4-24(32-19)27-30-15-12-25(35-27)34-26-13-16-31-28(36-26)33-21-7-5-20(6-8-21)18-37-22-9-10-23(37)17-29-14-11-22/h2-8,12-13,15-16,22-23,29H,9-11,14,17-18H2,1H3,(H2,30,31,33,34,35,36). The summed E-state index contributed by atoms with van der Waals surface area (Å²) < 4.78 is 0. The van der Waals surface area contributed by atoms with Crippen LogP contribution >= 0.6 is 0 Å². The van der Waals surface area contributed by atoms with Gasteiger partial charge < -0.3 is 16.0 Å². The van der Waals surface area contributed by atoms with Crippen molar-refractivity contribution in [3.05, 3.63) is 78.2 Å². The maximum atomic E-state index is 4.61. The van der Waals surface area contributed by atoms with Crippen molar-refractivity contribution in [1.82, 2.24) is 35.1 Å². The summed E-state index contributed by atoms with van der Waals surface area (Å²) in [4.78, 5) is 25.2. The van der Waals surface area contributed by atoms with E-state index in [1.807, 2.05) is 31.2 Å². The lowest BCUT2D eigenvalue weighted by Gasteiger charge is -2.27. The average molecular weight is 494 g/mol. The first-order valence-electron chi connectivity index (χ1n) is 12.9. The lowest BCUT2D eigenvalue weighted by Crippen LogP contribution is -2.37. The quantitative estimate of drug-likeness (QED) is 0.344. The van der Waals surface area contributed by atoms with Crippen molar-refractivity contribution >= 4 is 23.3 Å². The molecule has 0 radical (unpaired) electrons. The molecule has 2 atom stereocenters. The zero-order valence-corrected chi connectivity index (χ0v) is 20.9. The van der Waals surface area contributed by atoms with Gasteiger partial charge in [-0.1, -0.05) is 18.2 Å². The largest absolute Gasteiger partial charge is 0.325 e. The Morgan fingerprint density at radius 3 is 2.51 bits per heavy atom. The third-order valence-electron chi connectivity index (χ3n) is 7.07. The highest BCUT2D eigenvalue weighted by molar-refractivity contribution is 5.59. The van der Waals surface area contributed by atoms with Gasteiger partial charge in [0, 0.05) is 48.9 Å². The summed E-state index contributed by atoms with van der Waals surface area (Å²) >= 11 is 0. The number of hydrogen-bond acceptors (Lipinski definition) is 9. The van der Waals surface area contributed by atoms with E-state index in [0.29, 0.717) is 35.5 Å². The number of benzene rings is 1. The molecule has 2 aliphatic heterocycles. The monoisotopic (exact) mass is 493 g/mol. The summed E-state index contributed by atoms with van der Waals surface area (Å²) in [7, 11) is 0. The zero-order valence-electron chi connectivity index (χ0n) is 20.9. The molecular weight excluding hydrogens is 462 g/mol. The van der Waals surface area contributed by atoms with Crippen LogP contribution in [0.25, 0.3) is 11.5 Å². The van der Waals surface area contributed by atoms with Crippen molar-refractivity contribution in [3.8, 4) is 11.5 Å². The van der Waals surface area contributed by atoms with E-state index in [0.717, 1.165) is 36.7 Å². The van der Waals surface area contributed by atoms with Crippen LogP contribution in [0.1, 0.15) is 30.5 Å². The predicted molar refractivity (Wildman–Crippen MR) is 145 cm³/mol. The van der Waals surface area contributed by atoms with Gasteiger partial charge in [-0.2, -0.15) is 4.98 Å². The fourth-order valence-corrected chi connectivity index (χ4v) is 5.21. The molecule has 2 unspecified atom stereocenters. The Labute approximate surface area is 216 Å². The van der Waals surface area contributed by atoms with Crippen LogP contribution in [0.2, 0.25) is 0 Å². The lowest BCUT2D eigenvalue weighted by molar-refractivity contribution is 0.193. The molecular formula is C28H31N9. The smallest absolute Gasteiger partial charge is 0.229 e. The molecule has 0 amide bonds. The fraction of sp³-hybridized carbons (Fsp3) is 0.321. The maximum Gasteiger partial charge on any atom is 0.229 e. The van der Waals surface area contributed by atoms with E-state index >= 15 is 0 Å². The maximum absolute atomic E-state index is 4.61. The van der Waals surface area contributed by atoms with Gasteiger partial charge in [0.2, 0.25) is 5.95 Å². The molecule has 6 rings (SSSR count). The summed E-state index contributed by atoms with van der Waals surface area (Å²) in [5, 5.41) is 10.1. The molecule has 3 N–H and O–H groups in total. The van der Waals surface area contributed by atoms with Gasteiger partial charge in [-0.3, -0.25) is 4.90 Å². The van der Waals surface area contributed by atoms with Crippen molar-refractivity contribution in [3.63, 3.8) is 0 Å². The molecule has 2 bridgehead atoms. The summed E-state index contributed by atoms with van der Waals surface area (Å²) in [5.74, 6) is 2.36. The highest BCUT2D eigenvalue weighted by Crippen LogP contribution is 2.30. The number of pyridine rings is 1. The number of rotatable bonds is 7. The number of aromatic nitrogens is 5. The summed E-state index contributed by atoms with van der Waals surface area (Å²) in [6, 6.07) is 19.4. The molecule has 188 valence electrons. The molecule has 1 aromatic carbocycles. The second-order valence-corrected chi connectivity index (χ2v) is 9.69. The Hall–Kier alpha value is -3.95. The van der Waals surface area contributed by atoms with Crippen molar-refractivity contribution in [1.29, 1.82) is 0 Å². The number of fused-ring (bicyclic) bond motifs is 2. The van der Waals surface area contributed by atoms with Gasteiger partial charge in [-0.15, -0.1) is 0 Å². The zero-order chi connectivity index (χ0) is 25.0. The van der Waals surface area contributed by atoms with Crippen LogP contribution in [-0.2, 0) is 6.54 Å². The number of anilines is 4.